The number of hydrogen-bond acceptors (Lipinski definition) is 3. The largest absolute Gasteiger partial charge is 0.494 e. The van der Waals surface area contributed by atoms with E-state index in [0.29, 0.717) is 17.9 Å². The first-order valence-electron chi connectivity index (χ1n) is 5.13. The van der Waals surface area contributed by atoms with Crippen molar-refractivity contribution in [1.82, 2.24) is 0 Å². The molecule has 1 amide bonds. The van der Waals surface area contributed by atoms with E-state index in [1.807, 2.05) is 0 Å². The number of anilines is 1. The number of aliphatic hydroxyl groups is 1. The van der Waals surface area contributed by atoms with Crippen molar-refractivity contribution in [1.29, 1.82) is 0 Å². The van der Waals surface area contributed by atoms with E-state index >= 15 is 0 Å². The fraction of sp³-hybridized carbons (Fsp3) is 0.364. The van der Waals surface area contributed by atoms with Gasteiger partial charge in [0.15, 0.2) is 0 Å². The van der Waals surface area contributed by atoms with E-state index in [1.165, 1.54) is 18.2 Å². The molecule has 4 nitrogen and oxygen atoms in total. The van der Waals surface area contributed by atoms with Crippen LogP contribution in [0, 0.1) is 0 Å². The average Bonchev–Trinajstić information content (AvgIpc) is 2.30. The number of amides is 1. The van der Waals surface area contributed by atoms with E-state index in [0.717, 1.165) is 0 Å². The zero-order chi connectivity index (χ0) is 13.8. The van der Waals surface area contributed by atoms with Crippen molar-refractivity contribution in [3.8, 4) is 5.75 Å². The van der Waals surface area contributed by atoms with Crippen LogP contribution in [0.2, 0.25) is 0 Å². The number of rotatable bonds is 4. The van der Waals surface area contributed by atoms with Crippen molar-refractivity contribution in [2.24, 2.45) is 0 Å². The van der Waals surface area contributed by atoms with Gasteiger partial charge in [-0.2, -0.15) is 13.2 Å². The lowest BCUT2D eigenvalue weighted by Crippen LogP contribution is -2.29. The second kappa shape index (κ2) is 5.72. The third-order valence-electron chi connectivity index (χ3n) is 2.05. The first kappa shape index (κ1) is 14.3. The first-order valence-corrected chi connectivity index (χ1v) is 5.13. The smallest absolute Gasteiger partial charge is 0.471 e. The van der Waals surface area contributed by atoms with Crippen LogP contribution in [0.3, 0.4) is 0 Å². The van der Waals surface area contributed by atoms with E-state index in [9.17, 15) is 18.0 Å². The van der Waals surface area contributed by atoms with E-state index < -0.39 is 18.7 Å². The third-order valence-corrected chi connectivity index (χ3v) is 2.05. The van der Waals surface area contributed by atoms with Crippen molar-refractivity contribution < 1.29 is 27.8 Å². The Labute approximate surface area is 101 Å². The molecule has 0 aliphatic heterocycles. The van der Waals surface area contributed by atoms with Crippen molar-refractivity contribution in [2.75, 3.05) is 11.9 Å². The van der Waals surface area contributed by atoms with Crippen LogP contribution in [0.25, 0.3) is 0 Å². The monoisotopic (exact) mass is 263 g/mol. The van der Waals surface area contributed by atoms with Gasteiger partial charge in [-0.25, -0.2) is 0 Å². The molecule has 1 aromatic carbocycles. The van der Waals surface area contributed by atoms with Gasteiger partial charge < -0.3 is 15.2 Å². The van der Waals surface area contributed by atoms with Gasteiger partial charge in [0.1, 0.15) is 5.75 Å². The maximum absolute atomic E-state index is 12.0. The highest BCUT2D eigenvalue weighted by molar-refractivity contribution is 5.95. The minimum Gasteiger partial charge on any atom is -0.494 e. The Morgan fingerprint density at radius 3 is 2.61 bits per heavy atom. The lowest BCUT2D eigenvalue weighted by Gasteiger charge is -2.12. The standard InChI is InChI=1S/C11H12F3NO3/c1-2-18-9-4-3-8(5-7(9)6-16)15-10(17)11(12,13)14/h3-5,16H,2,6H2,1H3,(H,15,17). The van der Waals surface area contributed by atoms with Gasteiger partial charge in [-0.05, 0) is 25.1 Å². The lowest BCUT2D eigenvalue weighted by molar-refractivity contribution is -0.167. The summed E-state index contributed by atoms with van der Waals surface area (Å²) >= 11 is 0. The molecule has 0 aliphatic rings. The van der Waals surface area contributed by atoms with Gasteiger partial charge in [-0.3, -0.25) is 4.79 Å². The van der Waals surface area contributed by atoms with Gasteiger partial charge in [0.05, 0.1) is 13.2 Å². The Morgan fingerprint density at radius 2 is 2.11 bits per heavy atom. The molecule has 0 aliphatic carbocycles. The number of benzene rings is 1. The number of nitrogens with one attached hydrogen (secondary N) is 1. The SMILES string of the molecule is CCOc1ccc(NC(=O)C(F)(F)F)cc1CO. The molecule has 0 radical (unpaired) electrons. The van der Waals surface area contributed by atoms with Crippen molar-refractivity contribution in [3.63, 3.8) is 0 Å². The maximum Gasteiger partial charge on any atom is 0.471 e. The van der Waals surface area contributed by atoms with Crippen molar-refractivity contribution >= 4 is 11.6 Å². The summed E-state index contributed by atoms with van der Waals surface area (Å²) in [6.07, 6.45) is -4.95. The summed E-state index contributed by atoms with van der Waals surface area (Å²) in [6.45, 7) is 1.70. The third kappa shape index (κ3) is 3.63. The number of carbonyl (C=O) groups excluding carboxylic acids is 1. The van der Waals surface area contributed by atoms with Crippen LogP contribution >= 0.6 is 0 Å². The predicted octanol–water partition coefficient (Wildman–Crippen LogP) is 2.08. The Kier molecular flexibility index (Phi) is 4.55. The highest BCUT2D eigenvalue weighted by Crippen LogP contribution is 2.24. The molecule has 2 N–H and O–H groups in total. The van der Waals surface area contributed by atoms with Gasteiger partial charge in [-0.15, -0.1) is 0 Å². The highest BCUT2D eigenvalue weighted by atomic mass is 19.4. The molecule has 1 aromatic rings. The van der Waals surface area contributed by atoms with Gasteiger partial charge >= 0.3 is 12.1 Å². The van der Waals surface area contributed by atoms with Crippen LogP contribution in [0.15, 0.2) is 18.2 Å². The zero-order valence-electron chi connectivity index (χ0n) is 9.54. The van der Waals surface area contributed by atoms with Crippen molar-refractivity contribution in [3.05, 3.63) is 23.8 Å². The molecule has 0 bridgehead atoms. The molecule has 0 aromatic heterocycles. The summed E-state index contributed by atoms with van der Waals surface area (Å²) in [4.78, 5) is 10.7. The topological polar surface area (TPSA) is 58.6 Å². The van der Waals surface area contributed by atoms with Crippen molar-refractivity contribution in [2.45, 2.75) is 19.7 Å². The molecular formula is C11H12F3NO3. The second-order valence-corrected chi connectivity index (χ2v) is 3.37. The predicted molar refractivity (Wildman–Crippen MR) is 58.2 cm³/mol. The van der Waals surface area contributed by atoms with E-state index in [4.69, 9.17) is 9.84 Å². The molecule has 100 valence electrons. The highest BCUT2D eigenvalue weighted by Gasteiger charge is 2.38. The fourth-order valence-corrected chi connectivity index (χ4v) is 1.28. The molecule has 0 heterocycles. The number of alkyl halides is 3. The fourth-order valence-electron chi connectivity index (χ4n) is 1.28. The molecule has 0 fully saturated rings. The minimum absolute atomic E-state index is 0.0511. The van der Waals surface area contributed by atoms with E-state index in [2.05, 4.69) is 0 Å². The Hall–Kier alpha value is -1.76. The molecule has 0 atom stereocenters. The van der Waals surface area contributed by atoms with Gasteiger partial charge in [-0.1, -0.05) is 0 Å². The Bertz CT molecular complexity index is 432. The second-order valence-electron chi connectivity index (χ2n) is 3.37. The van der Waals surface area contributed by atoms with Gasteiger partial charge in [0.2, 0.25) is 0 Å². The quantitative estimate of drug-likeness (QED) is 0.874. The first-order chi connectivity index (χ1) is 8.38. The Morgan fingerprint density at radius 1 is 1.44 bits per heavy atom. The Balaban J connectivity index is 2.89. The molecule has 7 heteroatoms. The summed E-state index contributed by atoms with van der Waals surface area (Å²) < 4.78 is 41.3. The number of hydrogen-bond donors (Lipinski definition) is 2. The number of halogens is 3. The number of aliphatic hydroxyl groups excluding tert-OH is 1. The zero-order valence-corrected chi connectivity index (χ0v) is 9.54. The molecule has 0 unspecified atom stereocenters. The van der Waals surface area contributed by atoms with Crippen LogP contribution in [0.1, 0.15) is 12.5 Å². The molecule has 18 heavy (non-hydrogen) atoms. The minimum atomic E-state index is -4.95. The van der Waals surface area contributed by atoms with E-state index in [-0.39, 0.29) is 5.69 Å². The summed E-state index contributed by atoms with van der Waals surface area (Å²) in [5, 5.41) is 10.7. The van der Waals surface area contributed by atoms with Gasteiger partial charge in [0.25, 0.3) is 0 Å². The van der Waals surface area contributed by atoms with Crippen LogP contribution in [0.5, 0.6) is 5.75 Å². The summed E-state index contributed by atoms with van der Waals surface area (Å²) in [5.74, 6) is -1.69. The molecular weight excluding hydrogens is 251 g/mol. The number of carbonyl (C=O) groups is 1. The molecule has 0 spiro atoms. The summed E-state index contributed by atoms with van der Waals surface area (Å²) in [7, 11) is 0. The molecule has 0 saturated carbocycles. The lowest BCUT2D eigenvalue weighted by atomic mass is 10.2. The maximum atomic E-state index is 12.0. The van der Waals surface area contributed by atoms with Crippen LogP contribution < -0.4 is 10.1 Å². The number of ether oxygens (including phenoxy) is 1. The van der Waals surface area contributed by atoms with Crippen LogP contribution in [-0.2, 0) is 11.4 Å². The normalized spacial score (nSPS) is 11.2. The molecule has 0 saturated heterocycles. The average molecular weight is 263 g/mol. The summed E-state index contributed by atoms with van der Waals surface area (Å²) in [5.41, 5.74) is 0.252. The molecule has 1 rings (SSSR count). The van der Waals surface area contributed by atoms with E-state index in [1.54, 1.807) is 12.2 Å². The summed E-state index contributed by atoms with van der Waals surface area (Å²) in [6, 6.07) is 3.89. The van der Waals surface area contributed by atoms with Gasteiger partial charge in [0, 0.05) is 11.3 Å². The van der Waals surface area contributed by atoms with Crippen LogP contribution in [0.4, 0.5) is 18.9 Å². The van der Waals surface area contributed by atoms with Crippen LogP contribution in [-0.4, -0.2) is 23.8 Å².